The molecule has 0 fully saturated rings. The molecular formula is C12H15NO3. The summed E-state index contributed by atoms with van der Waals surface area (Å²) in [6, 6.07) is 5.29. The Hall–Kier alpha value is -1.71. The van der Waals surface area contributed by atoms with Crippen molar-refractivity contribution >= 4 is 5.91 Å². The maximum atomic E-state index is 12.0. The molecule has 1 aliphatic rings. The van der Waals surface area contributed by atoms with Gasteiger partial charge in [0.15, 0.2) is 11.5 Å². The number of carbonyl (C=O) groups excluding carboxylic acids is 1. The van der Waals surface area contributed by atoms with E-state index in [1.807, 2.05) is 13.8 Å². The monoisotopic (exact) mass is 221 g/mol. The molecule has 86 valence electrons. The average molecular weight is 221 g/mol. The zero-order valence-electron chi connectivity index (χ0n) is 9.53. The lowest BCUT2D eigenvalue weighted by molar-refractivity contribution is 0.0772. The van der Waals surface area contributed by atoms with Gasteiger partial charge in [0.2, 0.25) is 6.79 Å². The maximum Gasteiger partial charge on any atom is 0.253 e. The van der Waals surface area contributed by atoms with Crippen LogP contribution in [0.25, 0.3) is 0 Å². The molecule has 0 spiro atoms. The smallest absolute Gasteiger partial charge is 0.253 e. The first-order valence-electron chi connectivity index (χ1n) is 5.45. The molecule has 0 unspecified atom stereocenters. The molecule has 4 heteroatoms. The normalized spacial score (nSPS) is 12.6. The number of rotatable bonds is 3. The minimum absolute atomic E-state index is 0.0308. The average Bonchev–Trinajstić information content (AvgIpc) is 2.77. The standard InChI is InChI=1S/C12H15NO3/c1-3-13(4-2)12(14)9-5-6-10-11(7-9)16-8-15-10/h5-7H,3-4,8H2,1-2H3. The minimum Gasteiger partial charge on any atom is -0.454 e. The predicted molar refractivity (Wildman–Crippen MR) is 59.8 cm³/mol. The van der Waals surface area contributed by atoms with Crippen LogP contribution in [0, 0.1) is 0 Å². The van der Waals surface area contributed by atoms with Crippen LogP contribution in [-0.2, 0) is 0 Å². The van der Waals surface area contributed by atoms with Gasteiger partial charge < -0.3 is 14.4 Å². The van der Waals surface area contributed by atoms with Gasteiger partial charge in [-0.3, -0.25) is 4.79 Å². The number of nitrogens with zero attached hydrogens (tertiary/aromatic N) is 1. The SMILES string of the molecule is CCN(CC)C(=O)c1ccc2c(c1)OCO2. The Morgan fingerprint density at radius 1 is 1.25 bits per heavy atom. The molecule has 0 aliphatic carbocycles. The Morgan fingerprint density at radius 2 is 1.94 bits per heavy atom. The summed E-state index contributed by atoms with van der Waals surface area (Å²) in [4.78, 5) is 13.8. The molecule has 2 rings (SSSR count). The second-order valence-electron chi connectivity index (χ2n) is 3.55. The van der Waals surface area contributed by atoms with Gasteiger partial charge in [0.1, 0.15) is 0 Å². The highest BCUT2D eigenvalue weighted by Gasteiger charge is 2.18. The van der Waals surface area contributed by atoms with E-state index in [4.69, 9.17) is 9.47 Å². The lowest BCUT2D eigenvalue weighted by Crippen LogP contribution is -2.30. The van der Waals surface area contributed by atoms with Crippen molar-refractivity contribution in [3.8, 4) is 11.5 Å². The zero-order valence-corrected chi connectivity index (χ0v) is 9.53. The largest absolute Gasteiger partial charge is 0.454 e. The first-order chi connectivity index (χ1) is 7.76. The summed E-state index contributed by atoms with van der Waals surface area (Å²) in [6.45, 7) is 5.59. The molecule has 0 saturated carbocycles. The number of hydrogen-bond acceptors (Lipinski definition) is 3. The number of ether oxygens (including phenoxy) is 2. The Kier molecular flexibility index (Phi) is 2.99. The quantitative estimate of drug-likeness (QED) is 0.782. The highest BCUT2D eigenvalue weighted by atomic mass is 16.7. The molecule has 1 aromatic carbocycles. The maximum absolute atomic E-state index is 12.0. The highest BCUT2D eigenvalue weighted by Crippen LogP contribution is 2.32. The third-order valence-electron chi connectivity index (χ3n) is 2.67. The van der Waals surface area contributed by atoms with Crippen LogP contribution in [0.2, 0.25) is 0 Å². The van der Waals surface area contributed by atoms with Crippen LogP contribution in [0.15, 0.2) is 18.2 Å². The molecule has 1 aromatic rings. The summed E-state index contributed by atoms with van der Waals surface area (Å²) in [6.07, 6.45) is 0. The fourth-order valence-corrected chi connectivity index (χ4v) is 1.72. The van der Waals surface area contributed by atoms with Crippen LogP contribution in [0.1, 0.15) is 24.2 Å². The van der Waals surface area contributed by atoms with Crippen molar-refractivity contribution in [3.05, 3.63) is 23.8 Å². The van der Waals surface area contributed by atoms with Crippen LogP contribution in [0.3, 0.4) is 0 Å². The fourth-order valence-electron chi connectivity index (χ4n) is 1.72. The Labute approximate surface area is 94.8 Å². The molecule has 0 N–H and O–H groups in total. The second-order valence-corrected chi connectivity index (χ2v) is 3.55. The topological polar surface area (TPSA) is 38.8 Å². The van der Waals surface area contributed by atoms with E-state index >= 15 is 0 Å². The van der Waals surface area contributed by atoms with Gasteiger partial charge in [0.25, 0.3) is 5.91 Å². The van der Waals surface area contributed by atoms with E-state index in [1.54, 1.807) is 23.1 Å². The molecular weight excluding hydrogens is 206 g/mol. The van der Waals surface area contributed by atoms with Gasteiger partial charge in [0.05, 0.1) is 0 Å². The Morgan fingerprint density at radius 3 is 2.62 bits per heavy atom. The molecule has 0 saturated heterocycles. The van der Waals surface area contributed by atoms with Crippen molar-refractivity contribution in [1.29, 1.82) is 0 Å². The zero-order chi connectivity index (χ0) is 11.5. The van der Waals surface area contributed by atoms with Gasteiger partial charge in [-0.15, -0.1) is 0 Å². The number of carbonyl (C=O) groups is 1. The van der Waals surface area contributed by atoms with Gasteiger partial charge in [-0.1, -0.05) is 0 Å². The molecule has 1 aliphatic heterocycles. The van der Waals surface area contributed by atoms with Crippen molar-refractivity contribution in [2.75, 3.05) is 19.9 Å². The summed E-state index contributed by atoms with van der Waals surface area (Å²) in [5.74, 6) is 1.39. The molecule has 0 atom stereocenters. The number of benzene rings is 1. The van der Waals surface area contributed by atoms with Gasteiger partial charge in [0, 0.05) is 18.7 Å². The van der Waals surface area contributed by atoms with E-state index in [0.29, 0.717) is 30.2 Å². The van der Waals surface area contributed by atoms with Crippen molar-refractivity contribution in [3.63, 3.8) is 0 Å². The van der Waals surface area contributed by atoms with E-state index in [2.05, 4.69) is 0 Å². The van der Waals surface area contributed by atoms with Crippen LogP contribution >= 0.6 is 0 Å². The Bertz CT molecular complexity index is 399. The van der Waals surface area contributed by atoms with Crippen LogP contribution in [0.5, 0.6) is 11.5 Å². The molecule has 0 bridgehead atoms. The summed E-state index contributed by atoms with van der Waals surface area (Å²) >= 11 is 0. The molecule has 1 heterocycles. The molecule has 1 amide bonds. The third kappa shape index (κ3) is 1.83. The van der Waals surface area contributed by atoms with Crippen molar-refractivity contribution < 1.29 is 14.3 Å². The minimum atomic E-state index is 0.0308. The third-order valence-corrected chi connectivity index (χ3v) is 2.67. The van der Waals surface area contributed by atoms with Gasteiger partial charge in [-0.2, -0.15) is 0 Å². The summed E-state index contributed by atoms with van der Waals surface area (Å²) in [5.41, 5.74) is 0.646. The van der Waals surface area contributed by atoms with Crippen LogP contribution in [-0.4, -0.2) is 30.7 Å². The molecule has 4 nitrogen and oxygen atoms in total. The molecule has 0 aromatic heterocycles. The van der Waals surface area contributed by atoms with E-state index in [9.17, 15) is 4.79 Å². The van der Waals surface area contributed by atoms with Gasteiger partial charge in [-0.05, 0) is 32.0 Å². The first kappa shape index (κ1) is 10.8. The lowest BCUT2D eigenvalue weighted by Gasteiger charge is -2.18. The first-order valence-corrected chi connectivity index (χ1v) is 5.45. The molecule has 0 radical (unpaired) electrons. The van der Waals surface area contributed by atoms with E-state index in [1.165, 1.54) is 0 Å². The fraction of sp³-hybridized carbons (Fsp3) is 0.417. The van der Waals surface area contributed by atoms with E-state index < -0.39 is 0 Å². The van der Waals surface area contributed by atoms with E-state index in [0.717, 1.165) is 0 Å². The van der Waals surface area contributed by atoms with Crippen molar-refractivity contribution in [2.45, 2.75) is 13.8 Å². The summed E-state index contributed by atoms with van der Waals surface area (Å²) in [5, 5.41) is 0. The van der Waals surface area contributed by atoms with E-state index in [-0.39, 0.29) is 12.7 Å². The number of hydrogen-bond donors (Lipinski definition) is 0. The molecule has 16 heavy (non-hydrogen) atoms. The summed E-state index contributed by atoms with van der Waals surface area (Å²) in [7, 11) is 0. The van der Waals surface area contributed by atoms with Crippen LogP contribution < -0.4 is 9.47 Å². The number of amides is 1. The van der Waals surface area contributed by atoms with Crippen molar-refractivity contribution in [1.82, 2.24) is 4.90 Å². The lowest BCUT2D eigenvalue weighted by atomic mass is 10.1. The summed E-state index contributed by atoms with van der Waals surface area (Å²) < 4.78 is 10.4. The van der Waals surface area contributed by atoms with Gasteiger partial charge >= 0.3 is 0 Å². The Balaban J connectivity index is 2.24. The van der Waals surface area contributed by atoms with Gasteiger partial charge in [-0.25, -0.2) is 0 Å². The highest BCUT2D eigenvalue weighted by molar-refractivity contribution is 5.94. The van der Waals surface area contributed by atoms with Crippen molar-refractivity contribution in [2.24, 2.45) is 0 Å². The predicted octanol–water partition coefficient (Wildman–Crippen LogP) is 1.90. The van der Waals surface area contributed by atoms with Crippen LogP contribution in [0.4, 0.5) is 0 Å². The second kappa shape index (κ2) is 4.43. The number of fused-ring (bicyclic) bond motifs is 1.